The predicted octanol–water partition coefficient (Wildman–Crippen LogP) is 1.98. The van der Waals surface area contributed by atoms with Crippen molar-refractivity contribution in [1.82, 2.24) is 19.8 Å². The summed E-state index contributed by atoms with van der Waals surface area (Å²) in [7, 11) is 0. The third-order valence-corrected chi connectivity index (χ3v) is 3.92. The van der Waals surface area contributed by atoms with Crippen LogP contribution in [0.3, 0.4) is 0 Å². The molecule has 0 unspecified atom stereocenters. The van der Waals surface area contributed by atoms with Crippen molar-refractivity contribution in [2.45, 2.75) is 13.0 Å². The molecule has 21 heavy (non-hydrogen) atoms. The molecule has 1 fully saturated rings. The topological polar surface area (TPSA) is 33.1 Å². The van der Waals surface area contributed by atoms with Gasteiger partial charge >= 0.3 is 0 Å². The molecule has 1 N–H and O–H groups in total. The summed E-state index contributed by atoms with van der Waals surface area (Å²) in [5.74, 6) is -0.207. The highest BCUT2D eigenvalue weighted by Crippen LogP contribution is 2.20. The molecule has 0 bridgehead atoms. The average molecular weight is 288 g/mol. The minimum atomic E-state index is -0.207. The van der Waals surface area contributed by atoms with Crippen LogP contribution in [0.5, 0.6) is 0 Å². The Kier molecular flexibility index (Phi) is 4.62. The fourth-order valence-corrected chi connectivity index (χ4v) is 2.79. The fourth-order valence-electron chi connectivity index (χ4n) is 2.79. The van der Waals surface area contributed by atoms with E-state index in [1.54, 1.807) is 18.3 Å². The summed E-state index contributed by atoms with van der Waals surface area (Å²) in [4.78, 5) is 6.69. The Hall–Kier alpha value is -1.72. The maximum Gasteiger partial charge on any atom is 0.123 e. The third-order valence-electron chi connectivity index (χ3n) is 3.92. The summed E-state index contributed by atoms with van der Waals surface area (Å²) in [5.41, 5.74) is 1.87. The van der Waals surface area contributed by atoms with Crippen molar-refractivity contribution in [3.8, 4) is 11.3 Å². The lowest BCUT2D eigenvalue weighted by molar-refractivity contribution is 0.235. The molecular weight excluding hydrogens is 267 g/mol. The number of benzene rings is 1. The third kappa shape index (κ3) is 3.68. The largest absolute Gasteiger partial charge is 0.331 e. The van der Waals surface area contributed by atoms with E-state index >= 15 is 0 Å². The molecule has 1 saturated heterocycles. The van der Waals surface area contributed by atoms with Crippen LogP contribution in [-0.4, -0.2) is 47.2 Å². The average Bonchev–Trinajstić information content (AvgIpc) is 2.97. The first-order valence-corrected chi connectivity index (χ1v) is 7.52. The van der Waals surface area contributed by atoms with Gasteiger partial charge in [0.2, 0.25) is 0 Å². The van der Waals surface area contributed by atoms with Crippen molar-refractivity contribution in [3.63, 3.8) is 0 Å². The predicted molar refractivity (Wildman–Crippen MR) is 81.5 cm³/mol. The lowest BCUT2D eigenvalue weighted by Crippen LogP contribution is -2.43. The fraction of sp³-hybridized carbons (Fsp3) is 0.438. The number of hydrogen-bond acceptors (Lipinski definition) is 3. The zero-order chi connectivity index (χ0) is 14.5. The number of piperazine rings is 1. The molecular formula is C16H21FN4. The number of halogens is 1. The SMILES string of the molecule is Fc1cccc(-c2cncn2CCCN2CCNCC2)c1. The summed E-state index contributed by atoms with van der Waals surface area (Å²) in [6.07, 6.45) is 4.72. The number of hydrogen-bond donors (Lipinski definition) is 1. The molecule has 0 saturated carbocycles. The van der Waals surface area contributed by atoms with E-state index < -0.39 is 0 Å². The highest BCUT2D eigenvalue weighted by atomic mass is 19.1. The zero-order valence-corrected chi connectivity index (χ0v) is 12.1. The van der Waals surface area contributed by atoms with Gasteiger partial charge in [0.15, 0.2) is 0 Å². The quantitative estimate of drug-likeness (QED) is 0.913. The van der Waals surface area contributed by atoms with Gasteiger partial charge < -0.3 is 14.8 Å². The molecule has 1 aromatic carbocycles. The van der Waals surface area contributed by atoms with Crippen LogP contribution in [0.15, 0.2) is 36.8 Å². The van der Waals surface area contributed by atoms with Crippen molar-refractivity contribution < 1.29 is 4.39 Å². The Bertz CT molecular complexity index is 575. The lowest BCUT2D eigenvalue weighted by atomic mass is 10.1. The second-order valence-corrected chi connectivity index (χ2v) is 5.43. The maximum atomic E-state index is 13.3. The first kappa shape index (κ1) is 14.2. The summed E-state index contributed by atoms with van der Waals surface area (Å²) in [6, 6.07) is 6.69. The minimum Gasteiger partial charge on any atom is -0.331 e. The van der Waals surface area contributed by atoms with Gasteiger partial charge in [0.05, 0.1) is 18.2 Å². The summed E-state index contributed by atoms with van der Waals surface area (Å²) in [6.45, 7) is 6.43. The van der Waals surface area contributed by atoms with E-state index in [0.717, 1.165) is 56.9 Å². The summed E-state index contributed by atoms with van der Waals surface area (Å²) < 4.78 is 15.5. The Morgan fingerprint density at radius 2 is 2.05 bits per heavy atom. The van der Waals surface area contributed by atoms with Gasteiger partial charge in [0, 0.05) is 38.3 Å². The number of nitrogens with zero attached hydrogens (tertiary/aromatic N) is 3. The van der Waals surface area contributed by atoms with Crippen LogP contribution in [-0.2, 0) is 6.54 Å². The van der Waals surface area contributed by atoms with Gasteiger partial charge in [-0.15, -0.1) is 0 Å². The van der Waals surface area contributed by atoms with E-state index in [1.165, 1.54) is 6.07 Å². The molecule has 5 heteroatoms. The van der Waals surface area contributed by atoms with Gasteiger partial charge in [0.1, 0.15) is 5.82 Å². The van der Waals surface area contributed by atoms with Crippen molar-refractivity contribution in [3.05, 3.63) is 42.6 Å². The zero-order valence-electron chi connectivity index (χ0n) is 12.1. The van der Waals surface area contributed by atoms with Crippen LogP contribution in [0.25, 0.3) is 11.3 Å². The smallest absolute Gasteiger partial charge is 0.123 e. The van der Waals surface area contributed by atoms with Crippen molar-refractivity contribution in [2.24, 2.45) is 0 Å². The minimum absolute atomic E-state index is 0.207. The standard InChI is InChI=1S/C16H21FN4/c17-15-4-1-3-14(11-15)16-12-19-13-21(16)8-2-7-20-9-5-18-6-10-20/h1,3-4,11-13,18H,2,5-10H2. The molecule has 4 nitrogen and oxygen atoms in total. The Morgan fingerprint density at radius 3 is 2.86 bits per heavy atom. The molecule has 1 aliphatic heterocycles. The van der Waals surface area contributed by atoms with E-state index in [2.05, 4.69) is 19.8 Å². The van der Waals surface area contributed by atoms with Crippen LogP contribution in [0.1, 0.15) is 6.42 Å². The Labute approximate surface area is 124 Å². The number of aryl methyl sites for hydroxylation is 1. The van der Waals surface area contributed by atoms with E-state index in [1.807, 2.05) is 12.4 Å². The molecule has 0 spiro atoms. The van der Waals surface area contributed by atoms with Gasteiger partial charge in [-0.3, -0.25) is 0 Å². The van der Waals surface area contributed by atoms with E-state index in [9.17, 15) is 4.39 Å². The summed E-state index contributed by atoms with van der Waals surface area (Å²) >= 11 is 0. The van der Waals surface area contributed by atoms with Gasteiger partial charge in [-0.05, 0) is 25.1 Å². The van der Waals surface area contributed by atoms with Gasteiger partial charge in [0.25, 0.3) is 0 Å². The van der Waals surface area contributed by atoms with Crippen molar-refractivity contribution >= 4 is 0 Å². The second-order valence-electron chi connectivity index (χ2n) is 5.43. The first-order chi connectivity index (χ1) is 10.3. The molecule has 0 atom stereocenters. The highest BCUT2D eigenvalue weighted by Gasteiger charge is 2.10. The molecule has 1 aromatic heterocycles. The van der Waals surface area contributed by atoms with Gasteiger partial charge in [-0.2, -0.15) is 0 Å². The number of nitrogens with one attached hydrogen (secondary N) is 1. The first-order valence-electron chi connectivity index (χ1n) is 7.52. The van der Waals surface area contributed by atoms with Crippen LogP contribution >= 0.6 is 0 Å². The van der Waals surface area contributed by atoms with E-state index in [0.29, 0.717) is 0 Å². The van der Waals surface area contributed by atoms with Crippen LogP contribution in [0.4, 0.5) is 4.39 Å². The van der Waals surface area contributed by atoms with Crippen molar-refractivity contribution in [2.75, 3.05) is 32.7 Å². The lowest BCUT2D eigenvalue weighted by Gasteiger charge is -2.27. The van der Waals surface area contributed by atoms with Crippen molar-refractivity contribution in [1.29, 1.82) is 0 Å². The van der Waals surface area contributed by atoms with Gasteiger partial charge in [-0.1, -0.05) is 12.1 Å². The normalized spacial score (nSPS) is 16.2. The molecule has 1 aliphatic rings. The van der Waals surface area contributed by atoms with Crippen LogP contribution < -0.4 is 5.32 Å². The molecule has 112 valence electrons. The maximum absolute atomic E-state index is 13.3. The molecule has 0 radical (unpaired) electrons. The van der Waals surface area contributed by atoms with Crippen LogP contribution in [0, 0.1) is 5.82 Å². The Morgan fingerprint density at radius 1 is 1.19 bits per heavy atom. The number of aromatic nitrogens is 2. The molecule has 2 heterocycles. The van der Waals surface area contributed by atoms with Gasteiger partial charge in [-0.25, -0.2) is 9.37 Å². The molecule has 0 amide bonds. The monoisotopic (exact) mass is 288 g/mol. The molecule has 2 aromatic rings. The Balaban J connectivity index is 1.60. The number of rotatable bonds is 5. The molecule has 3 rings (SSSR count). The molecule has 0 aliphatic carbocycles. The highest BCUT2D eigenvalue weighted by molar-refractivity contribution is 5.58. The van der Waals surface area contributed by atoms with Crippen LogP contribution in [0.2, 0.25) is 0 Å². The number of imidazole rings is 1. The summed E-state index contributed by atoms with van der Waals surface area (Å²) in [5, 5.41) is 3.36. The van der Waals surface area contributed by atoms with E-state index in [4.69, 9.17) is 0 Å². The second kappa shape index (κ2) is 6.83. The van der Waals surface area contributed by atoms with E-state index in [-0.39, 0.29) is 5.82 Å².